The number of carbonyl (C=O) groups is 1. The minimum atomic E-state index is 0.0233. The van der Waals surface area contributed by atoms with Gasteiger partial charge in [0.05, 0.1) is 0 Å². The maximum atomic E-state index is 9.43. The monoisotopic (exact) mass is 535 g/mol. The van der Waals surface area contributed by atoms with E-state index < -0.39 is 0 Å². The summed E-state index contributed by atoms with van der Waals surface area (Å²) in [6.07, 6.45) is 0.750. The van der Waals surface area contributed by atoms with E-state index in [2.05, 4.69) is 35.5 Å². The van der Waals surface area contributed by atoms with Crippen molar-refractivity contribution < 1.29 is 4.79 Å². The van der Waals surface area contributed by atoms with E-state index in [0.717, 1.165) is 6.41 Å². The molecule has 0 heterocycles. The molecule has 0 aromatic heterocycles. The molecule has 48 valence electrons. The second-order valence-electron chi connectivity index (χ2n) is 1.14. The van der Waals surface area contributed by atoms with Crippen LogP contribution in [-0.4, -0.2) is 41.1 Å². The summed E-state index contributed by atoms with van der Waals surface area (Å²) < 4.78 is 0. The van der Waals surface area contributed by atoms with Crippen molar-refractivity contribution in [2.75, 3.05) is 14.1 Å². The molecular formula is C3H7I2NOPb. The molecule has 0 aliphatic rings. The summed E-state index contributed by atoms with van der Waals surface area (Å²) in [6, 6.07) is 0. The Morgan fingerprint density at radius 2 is 1.62 bits per heavy atom. The van der Waals surface area contributed by atoms with Crippen LogP contribution in [0.5, 0.6) is 0 Å². The number of amides is 1. The molecule has 5 heteroatoms. The Hall–Kier alpha value is 1.85. The molecule has 8 heavy (non-hydrogen) atoms. The zero-order chi connectivity index (χ0) is 6.99. The molecule has 0 aliphatic heterocycles. The molecule has 1 amide bonds. The van der Waals surface area contributed by atoms with Gasteiger partial charge in [-0.15, -0.1) is 0 Å². The first kappa shape index (κ1) is 12.5. The second kappa shape index (κ2) is 11.6. The van der Waals surface area contributed by atoms with E-state index >= 15 is 0 Å². The van der Waals surface area contributed by atoms with Gasteiger partial charge in [0.2, 0.25) is 6.41 Å². The normalized spacial score (nSPS) is 6.50. The van der Waals surface area contributed by atoms with Crippen LogP contribution in [0.25, 0.3) is 0 Å². The molecule has 0 saturated heterocycles. The van der Waals surface area contributed by atoms with E-state index in [1.807, 2.05) is 0 Å². The first-order valence-electron chi connectivity index (χ1n) is 1.77. The molecule has 0 spiro atoms. The Bertz CT molecular complexity index is 52.5. The summed E-state index contributed by atoms with van der Waals surface area (Å²) in [7, 11) is 3.38. The average molecular weight is 534 g/mol. The van der Waals surface area contributed by atoms with E-state index in [4.69, 9.17) is 0 Å². The van der Waals surface area contributed by atoms with Crippen LogP contribution in [0.4, 0.5) is 0 Å². The van der Waals surface area contributed by atoms with Crippen LogP contribution in [0.1, 0.15) is 0 Å². The number of halogens is 2. The van der Waals surface area contributed by atoms with Gasteiger partial charge in [-0.1, -0.05) is 0 Å². The van der Waals surface area contributed by atoms with Crippen molar-refractivity contribution in [2.45, 2.75) is 0 Å². The Labute approximate surface area is 79.9 Å². The van der Waals surface area contributed by atoms with Gasteiger partial charge in [0.25, 0.3) is 0 Å². The van der Waals surface area contributed by atoms with Crippen LogP contribution in [0.2, 0.25) is 0 Å². The van der Waals surface area contributed by atoms with Gasteiger partial charge in [-0.05, 0) is 0 Å². The summed E-state index contributed by atoms with van der Waals surface area (Å²) in [4.78, 5) is 10.9. The molecule has 0 atom stereocenters. The van der Waals surface area contributed by atoms with Crippen LogP contribution in [-0.2, 0) is 4.79 Å². The molecule has 0 bridgehead atoms. The van der Waals surface area contributed by atoms with Crippen molar-refractivity contribution in [1.29, 1.82) is 0 Å². The summed E-state index contributed by atoms with van der Waals surface area (Å²) in [5, 5.41) is 0. The summed E-state index contributed by atoms with van der Waals surface area (Å²) >= 11 is 4.96. The van der Waals surface area contributed by atoms with Crippen molar-refractivity contribution in [3.63, 3.8) is 0 Å². The van der Waals surface area contributed by atoms with Crippen molar-refractivity contribution in [3.8, 4) is 0 Å². The Morgan fingerprint density at radius 3 is 1.62 bits per heavy atom. The molecule has 0 rings (SSSR count). The number of rotatable bonds is 1. The van der Waals surface area contributed by atoms with Gasteiger partial charge in [-0.25, -0.2) is 0 Å². The Balaban J connectivity index is 0. The molecule has 0 aliphatic carbocycles. The first-order valence-corrected chi connectivity index (χ1v) is 23.6. The third-order valence-electron chi connectivity index (χ3n) is 0.211. The molecule has 0 N–H and O–H groups in total. The first-order chi connectivity index (χ1) is 3.68. The summed E-state index contributed by atoms with van der Waals surface area (Å²) in [5.41, 5.74) is 0. The molecule has 2 radical (unpaired) electrons. The quantitative estimate of drug-likeness (QED) is 0.281. The second-order valence-corrected chi connectivity index (χ2v) is 29.3. The Kier molecular flexibility index (Phi) is 18.2. The van der Waals surface area contributed by atoms with Crippen LogP contribution in [0, 0.1) is 0 Å². The predicted octanol–water partition coefficient (Wildman–Crippen LogP) is 1.09. The Morgan fingerprint density at radius 1 is 1.50 bits per heavy atom. The molecule has 0 fully saturated rings. The van der Waals surface area contributed by atoms with Crippen molar-refractivity contribution in [3.05, 3.63) is 0 Å². The number of hydrogen-bond donors (Lipinski definition) is 0. The molecule has 2 nitrogen and oxygen atoms in total. The fourth-order valence-electron chi connectivity index (χ4n) is 0. The average Bonchev–Trinajstić information content (AvgIpc) is 1.69. The zero-order valence-electron chi connectivity index (χ0n) is 4.69. The van der Waals surface area contributed by atoms with Crippen LogP contribution in [0.15, 0.2) is 0 Å². The topological polar surface area (TPSA) is 20.3 Å². The van der Waals surface area contributed by atoms with Gasteiger partial charge < -0.3 is 4.90 Å². The van der Waals surface area contributed by atoms with Crippen molar-refractivity contribution >= 4 is 57.6 Å². The maximum absolute atomic E-state index is 9.43. The van der Waals surface area contributed by atoms with Gasteiger partial charge in [0.15, 0.2) is 0 Å². The van der Waals surface area contributed by atoms with Gasteiger partial charge in [0.1, 0.15) is 0 Å². The van der Waals surface area contributed by atoms with Crippen LogP contribution < -0.4 is 0 Å². The molecular weight excluding hydrogens is 527 g/mol. The van der Waals surface area contributed by atoms with E-state index in [0.29, 0.717) is 0 Å². The van der Waals surface area contributed by atoms with Gasteiger partial charge >= 0.3 is 51.2 Å². The third-order valence-corrected chi connectivity index (χ3v) is 0.211. The standard InChI is InChI=1S/C3H7NO.2HI.Pb/c1-4(2)3-5;;;/h3H,1-2H3;2*1H;/q;;;+2/p-2. The molecule has 0 aromatic rings. The zero-order valence-corrected chi connectivity index (χ0v) is 12.9. The van der Waals surface area contributed by atoms with E-state index in [9.17, 15) is 4.79 Å². The van der Waals surface area contributed by atoms with Crippen molar-refractivity contribution in [1.82, 2.24) is 4.90 Å². The third kappa shape index (κ3) is 24.8. The van der Waals surface area contributed by atoms with Crippen LogP contribution >= 0.6 is 35.5 Å². The molecule has 0 aromatic carbocycles. The number of carbonyl (C=O) groups excluding carboxylic acids is 1. The fraction of sp³-hybridized carbons (Fsp3) is 0.667. The van der Waals surface area contributed by atoms with E-state index in [-0.39, 0.29) is 15.6 Å². The number of hydrogen-bond acceptors (Lipinski definition) is 1. The molecule has 0 saturated carbocycles. The SMILES string of the molecule is CN(C)C=O.[I][Pb][I]. The summed E-state index contributed by atoms with van der Waals surface area (Å²) in [6.45, 7) is 0. The molecule has 0 unspecified atom stereocenters. The summed E-state index contributed by atoms with van der Waals surface area (Å²) in [5.74, 6) is 0. The van der Waals surface area contributed by atoms with Gasteiger partial charge in [-0.3, -0.25) is 4.79 Å². The van der Waals surface area contributed by atoms with Crippen molar-refractivity contribution in [2.24, 2.45) is 0 Å². The predicted molar refractivity (Wildman–Crippen MR) is 53.5 cm³/mol. The number of nitrogens with zero attached hydrogens (tertiary/aromatic N) is 1. The van der Waals surface area contributed by atoms with Gasteiger partial charge in [-0.2, -0.15) is 0 Å². The van der Waals surface area contributed by atoms with E-state index in [1.54, 1.807) is 14.1 Å². The van der Waals surface area contributed by atoms with Crippen LogP contribution in [0.3, 0.4) is 0 Å². The minimum absolute atomic E-state index is 0.0233. The fourth-order valence-corrected chi connectivity index (χ4v) is 0. The van der Waals surface area contributed by atoms with Gasteiger partial charge in [0, 0.05) is 14.1 Å². The van der Waals surface area contributed by atoms with E-state index in [1.165, 1.54) is 4.90 Å².